The van der Waals surface area contributed by atoms with Crippen LogP contribution >= 0.6 is 11.6 Å². The minimum Gasteiger partial charge on any atom is -0.324 e. The van der Waals surface area contributed by atoms with Crippen LogP contribution < -0.4 is 11.0 Å². The molecule has 6 nitrogen and oxygen atoms in total. The van der Waals surface area contributed by atoms with E-state index < -0.39 is 11.7 Å². The van der Waals surface area contributed by atoms with Gasteiger partial charge < -0.3 is 5.32 Å². The van der Waals surface area contributed by atoms with Crippen LogP contribution in [0.25, 0.3) is 11.3 Å². The molecule has 1 heterocycles. The van der Waals surface area contributed by atoms with Crippen LogP contribution in [0, 0.1) is 13.8 Å². The van der Waals surface area contributed by atoms with Gasteiger partial charge in [0.2, 0.25) is 5.91 Å². The lowest BCUT2D eigenvalue weighted by Crippen LogP contribution is -2.34. The van der Waals surface area contributed by atoms with E-state index in [9.17, 15) is 9.59 Å². The van der Waals surface area contributed by atoms with Gasteiger partial charge in [-0.2, -0.15) is 10.1 Å². The second-order valence-corrected chi connectivity index (χ2v) is 6.78. The number of halogens is 1. The lowest BCUT2D eigenvalue weighted by Gasteiger charge is -2.14. The number of hydrogen-bond acceptors (Lipinski definition) is 4. The van der Waals surface area contributed by atoms with Gasteiger partial charge in [0.1, 0.15) is 6.04 Å². The number of nitrogens with one attached hydrogen (secondary N) is 1. The molecule has 3 aromatic rings. The average molecular weight is 383 g/mol. The number of rotatable bonds is 4. The predicted octanol–water partition coefficient (Wildman–Crippen LogP) is 3.78. The number of carbonyl (C=O) groups is 1. The zero-order valence-corrected chi connectivity index (χ0v) is 16.0. The van der Waals surface area contributed by atoms with Crippen LogP contribution in [-0.2, 0) is 4.79 Å². The molecule has 0 aliphatic rings. The smallest absolute Gasteiger partial charge is 0.324 e. The fourth-order valence-electron chi connectivity index (χ4n) is 2.55. The van der Waals surface area contributed by atoms with Gasteiger partial charge in [0.05, 0.1) is 11.9 Å². The van der Waals surface area contributed by atoms with Crippen molar-refractivity contribution in [1.82, 2.24) is 14.8 Å². The molecule has 2 aromatic carbocycles. The maximum absolute atomic E-state index is 12.5. The van der Waals surface area contributed by atoms with Gasteiger partial charge in [-0.1, -0.05) is 29.8 Å². The lowest BCUT2D eigenvalue weighted by molar-refractivity contribution is -0.119. The Morgan fingerprint density at radius 1 is 1.11 bits per heavy atom. The number of amides is 1. The summed E-state index contributed by atoms with van der Waals surface area (Å²) >= 11 is 5.87. The Balaban J connectivity index is 1.80. The number of hydrogen-bond donors (Lipinski definition) is 1. The first-order chi connectivity index (χ1) is 12.8. The van der Waals surface area contributed by atoms with E-state index in [0.29, 0.717) is 16.4 Å². The number of aromatic nitrogens is 3. The second-order valence-electron chi connectivity index (χ2n) is 6.34. The van der Waals surface area contributed by atoms with Crippen molar-refractivity contribution in [1.29, 1.82) is 0 Å². The Morgan fingerprint density at radius 2 is 1.81 bits per heavy atom. The Labute approximate surface area is 161 Å². The quantitative estimate of drug-likeness (QED) is 0.745. The molecule has 0 aliphatic carbocycles. The number of carbonyl (C=O) groups excluding carboxylic acids is 1. The van der Waals surface area contributed by atoms with E-state index in [1.54, 1.807) is 31.2 Å². The molecular formula is C20H19ClN4O2. The summed E-state index contributed by atoms with van der Waals surface area (Å²) < 4.78 is 1.07. The molecule has 0 radical (unpaired) electrons. The van der Waals surface area contributed by atoms with Crippen LogP contribution in [0.1, 0.15) is 24.1 Å². The molecular weight excluding hydrogens is 364 g/mol. The minimum atomic E-state index is -0.800. The number of anilines is 1. The molecule has 138 valence electrons. The van der Waals surface area contributed by atoms with Gasteiger partial charge >= 0.3 is 5.69 Å². The molecule has 0 saturated carbocycles. The highest BCUT2D eigenvalue weighted by Gasteiger charge is 2.19. The molecule has 0 unspecified atom stereocenters. The van der Waals surface area contributed by atoms with E-state index >= 15 is 0 Å². The van der Waals surface area contributed by atoms with Crippen LogP contribution in [-0.4, -0.2) is 20.7 Å². The van der Waals surface area contributed by atoms with Gasteiger partial charge in [0.25, 0.3) is 0 Å². The Morgan fingerprint density at radius 3 is 2.44 bits per heavy atom. The second kappa shape index (κ2) is 7.72. The van der Waals surface area contributed by atoms with Crippen LogP contribution in [0.3, 0.4) is 0 Å². The molecule has 1 amide bonds. The molecule has 27 heavy (non-hydrogen) atoms. The Bertz CT molecular complexity index is 1040. The molecule has 3 rings (SSSR count). The van der Waals surface area contributed by atoms with Gasteiger partial charge in [-0.15, -0.1) is 0 Å². The maximum Gasteiger partial charge on any atom is 0.365 e. The van der Waals surface area contributed by atoms with E-state index in [2.05, 4.69) is 15.4 Å². The highest BCUT2D eigenvalue weighted by Crippen LogP contribution is 2.18. The number of benzene rings is 2. The Kier molecular flexibility index (Phi) is 5.37. The van der Waals surface area contributed by atoms with Crippen LogP contribution in [0.2, 0.25) is 5.02 Å². The summed E-state index contributed by atoms with van der Waals surface area (Å²) in [4.78, 5) is 28.9. The fourth-order valence-corrected chi connectivity index (χ4v) is 2.68. The summed E-state index contributed by atoms with van der Waals surface area (Å²) in [6, 6.07) is 11.8. The zero-order chi connectivity index (χ0) is 19.6. The molecule has 1 N–H and O–H groups in total. The largest absolute Gasteiger partial charge is 0.365 e. The number of nitrogens with zero attached hydrogens (tertiary/aromatic N) is 3. The van der Waals surface area contributed by atoms with Gasteiger partial charge in [-0.05, 0) is 56.2 Å². The normalized spacial score (nSPS) is 11.9. The van der Waals surface area contributed by atoms with E-state index in [1.807, 2.05) is 32.0 Å². The number of aryl methyl sites for hydroxylation is 2. The summed E-state index contributed by atoms with van der Waals surface area (Å²) in [5.41, 5.74) is 3.45. The van der Waals surface area contributed by atoms with E-state index in [1.165, 1.54) is 6.20 Å². The zero-order valence-electron chi connectivity index (χ0n) is 15.2. The molecule has 1 aromatic heterocycles. The molecule has 0 aliphatic heterocycles. The lowest BCUT2D eigenvalue weighted by atomic mass is 10.1. The average Bonchev–Trinajstić information content (AvgIpc) is 2.64. The molecule has 0 bridgehead atoms. The first kappa shape index (κ1) is 18.8. The third-order valence-corrected chi connectivity index (χ3v) is 4.63. The third kappa shape index (κ3) is 4.23. The van der Waals surface area contributed by atoms with Crippen molar-refractivity contribution < 1.29 is 4.79 Å². The fraction of sp³-hybridized carbons (Fsp3) is 0.200. The summed E-state index contributed by atoms with van der Waals surface area (Å²) in [6.07, 6.45) is 1.46. The van der Waals surface area contributed by atoms with E-state index in [-0.39, 0.29) is 5.91 Å². The van der Waals surface area contributed by atoms with Crippen molar-refractivity contribution in [3.8, 4) is 11.3 Å². The van der Waals surface area contributed by atoms with Crippen molar-refractivity contribution in [3.63, 3.8) is 0 Å². The summed E-state index contributed by atoms with van der Waals surface area (Å²) in [5.74, 6) is -0.339. The van der Waals surface area contributed by atoms with Crippen LogP contribution in [0.4, 0.5) is 5.69 Å². The van der Waals surface area contributed by atoms with Crippen LogP contribution in [0.15, 0.2) is 53.5 Å². The summed E-state index contributed by atoms with van der Waals surface area (Å²) in [7, 11) is 0. The van der Waals surface area contributed by atoms with Gasteiger partial charge in [-0.25, -0.2) is 9.48 Å². The van der Waals surface area contributed by atoms with Crippen molar-refractivity contribution in [2.75, 3.05) is 5.32 Å². The summed E-state index contributed by atoms with van der Waals surface area (Å²) in [5, 5.41) is 7.52. The Hall–Kier alpha value is -2.99. The van der Waals surface area contributed by atoms with Crippen LogP contribution in [0.5, 0.6) is 0 Å². The SMILES string of the molecule is Cc1ccc(NC(=O)[C@H](C)n2ncc(-c3ccc(Cl)cc3)nc2=O)cc1C. The third-order valence-electron chi connectivity index (χ3n) is 4.38. The van der Waals surface area contributed by atoms with Crippen molar-refractivity contribution in [3.05, 3.63) is 75.3 Å². The van der Waals surface area contributed by atoms with Gasteiger partial charge in [0.15, 0.2) is 0 Å². The standard InChI is InChI=1S/C20H19ClN4O2/c1-12-4-9-17(10-13(12)2)23-19(26)14(3)25-20(27)24-18(11-22-25)15-5-7-16(21)8-6-15/h4-11,14H,1-3H3,(H,23,26)/t14-/m0/s1. The molecule has 7 heteroatoms. The van der Waals surface area contributed by atoms with Crippen molar-refractivity contribution >= 4 is 23.2 Å². The summed E-state index contributed by atoms with van der Waals surface area (Å²) in [6.45, 7) is 5.58. The van der Waals surface area contributed by atoms with E-state index in [0.717, 1.165) is 21.4 Å². The minimum absolute atomic E-state index is 0.339. The maximum atomic E-state index is 12.5. The van der Waals surface area contributed by atoms with Crippen molar-refractivity contribution in [2.45, 2.75) is 26.8 Å². The topological polar surface area (TPSA) is 76.9 Å². The monoisotopic (exact) mass is 382 g/mol. The van der Waals surface area contributed by atoms with E-state index in [4.69, 9.17) is 11.6 Å². The molecule has 0 saturated heterocycles. The highest BCUT2D eigenvalue weighted by molar-refractivity contribution is 6.30. The van der Waals surface area contributed by atoms with Gasteiger partial charge in [-0.3, -0.25) is 4.79 Å². The molecule has 0 spiro atoms. The highest BCUT2D eigenvalue weighted by atomic mass is 35.5. The first-order valence-electron chi connectivity index (χ1n) is 8.45. The first-order valence-corrected chi connectivity index (χ1v) is 8.83. The van der Waals surface area contributed by atoms with Gasteiger partial charge in [0, 0.05) is 16.3 Å². The predicted molar refractivity (Wildman–Crippen MR) is 106 cm³/mol. The van der Waals surface area contributed by atoms with Crippen molar-refractivity contribution in [2.24, 2.45) is 0 Å². The molecule has 1 atom stereocenters. The molecule has 0 fully saturated rings.